The summed E-state index contributed by atoms with van der Waals surface area (Å²) in [6, 6.07) is 7.36. The zero-order valence-electron chi connectivity index (χ0n) is 16.5. The summed E-state index contributed by atoms with van der Waals surface area (Å²) in [5, 5.41) is -0.0748. The van der Waals surface area contributed by atoms with E-state index in [-0.39, 0.29) is 29.4 Å². The highest BCUT2D eigenvalue weighted by Crippen LogP contribution is 2.33. The fourth-order valence-electron chi connectivity index (χ4n) is 3.52. The summed E-state index contributed by atoms with van der Waals surface area (Å²) in [7, 11) is -4.40. The van der Waals surface area contributed by atoms with Crippen molar-refractivity contribution in [1.29, 1.82) is 0 Å². The molecule has 0 amide bonds. The molecule has 0 radical (unpaired) electrons. The number of benzene rings is 2. The van der Waals surface area contributed by atoms with Gasteiger partial charge in [-0.3, -0.25) is 4.72 Å². The van der Waals surface area contributed by atoms with E-state index in [0.29, 0.717) is 31.8 Å². The highest BCUT2D eigenvalue weighted by atomic mass is 32.2. The van der Waals surface area contributed by atoms with E-state index in [1.165, 1.54) is 12.1 Å². The van der Waals surface area contributed by atoms with Crippen molar-refractivity contribution in [2.75, 3.05) is 24.5 Å². The van der Waals surface area contributed by atoms with Crippen molar-refractivity contribution in [3.8, 4) is 5.75 Å². The lowest BCUT2D eigenvalue weighted by atomic mass is 9.83. The second kappa shape index (κ2) is 9.43. The highest BCUT2D eigenvalue weighted by Gasteiger charge is 2.29. The monoisotopic (exact) mass is 485 g/mol. The summed E-state index contributed by atoms with van der Waals surface area (Å²) in [6.07, 6.45) is 1.80. The van der Waals surface area contributed by atoms with E-state index in [0.717, 1.165) is 23.4 Å². The number of nitrogens with zero attached hydrogens (tertiary/aromatic N) is 2. The number of aromatic nitrogens is 2. The Balaban J connectivity index is 1.49. The van der Waals surface area contributed by atoms with E-state index >= 15 is 0 Å². The Hall–Kier alpha value is -2.70. The van der Waals surface area contributed by atoms with Gasteiger partial charge in [0, 0.05) is 36.2 Å². The Labute approximate surface area is 186 Å². The minimum atomic E-state index is -4.40. The first-order valence-electron chi connectivity index (χ1n) is 9.58. The van der Waals surface area contributed by atoms with Gasteiger partial charge in [-0.2, -0.15) is 4.37 Å². The van der Waals surface area contributed by atoms with Crippen LogP contribution in [0.4, 0.5) is 18.3 Å². The van der Waals surface area contributed by atoms with Gasteiger partial charge in [0.05, 0.1) is 13.2 Å². The largest absolute Gasteiger partial charge is 0.490 e. The van der Waals surface area contributed by atoms with Gasteiger partial charge in [0.2, 0.25) is 5.13 Å². The molecule has 12 heteroatoms. The van der Waals surface area contributed by atoms with Crippen LogP contribution < -0.4 is 9.46 Å². The molecule has 3 aromatic rings. The fraction of sp³-hybridized carbons (Fsp3) is 0.300. The molecule has 2 heterocycles. The molecule has 1 aromatic heterocycles. The fourth-order valence-corrected chi connectivity index (χ4v) is 5.26. The molecule has 0 saturated carbocycles. The Morgan fingerprint density at radius 1 is 1.16 bits per heavy atom. The Bertz CT molecular complexity index is 1180. The molecule has 1 aliphatic heterocycles. The number of halogens is 3. The van der Waals surface area contributed by atoms with Crippen LogP contribution in [0.25, 0.3) is 0 Å². The number of hydrogen-bond donors (Lipinski definition) is 1. The molecule has 0 bridgehead atoms. The normalized spacial score (nSPS) is 19.0. The maximum absolute atomic E-state index is 14.6. The Kier molecular flexibility index (Phi) is 6.63. The van der Waals surface area contributed by atoms with Crippen molar-refractivity contribution >= 4 is 26.7 Å². The molecule has 1 fully saturated rings. The number of anilines is 1. The summed E-state index contributed by atoms with van der Waals surface area (Å²) in [6.45, 7) is 0.869. The Morgan fingerprint density at radius 3 is 2.66 bits per heavy atom. The first kappa shape index (κ1) is 22.5. The van der Waals surface area contributed by atoms with E-state index in [1.807, 2.05) is 4.72 Å². The lowest BCUT2D eigenvalue weighted by Crippen LogP contribution is -2.30. The third kappa shape index (κ3) is 5.03. The standard InChI is InChI=1S/C20H18F3N3O4S2/c21-14-3-1-12(2-4-14)15-5-6-29-9-13(15)10-30-18-7-17(23)19(8-16(18)22)32(27,28)26-20-24-11-25-31-20/h1-4,7-8,11,13,15H,5-6,9-10H2,(H,24,25,26)/t13-,15-/m0/s1. The molecule has 4 rings (SSSR count). The lowest BCUT2D eigenvalue weighted by Gasteiger charge is -2.31. The molecule has 170 valence electrons. The molecule has 1 N–H and O–H groups in total. The van der Waals surface area contributed by atoms with Crippen LogP contribution in [0.15, 0.2) is 47.6 Å². The van der Waals surface area contributed by atoms with E-state index in [9.17, 15) is 21.6 Å². The molecule has 1 saturated heterocycles. The second-order valence-electron chi connectivity index (χ2n) is 7.16. The summed E-state index contributed by atoms with van der Waals surface area (Å²) in [4.78, 5) is 2.79. The molecule has 2 aromatic carbocycles. The predicted molar refractivity (Wildman–Crippen MR) is 111 cm³/mol. The van der Waals surface area contributed by atoms with Crippen molar-refractivity contribution in [2.45, 2.75) is 17.2 Å². The van der Waals surface area contributed by atoms with Crippen LogP contribution in [0.5, 0.6) is 5.75 Å². The van der Waals surface area contributed by atoms with Crippen molar-refractivity contribution in [2.24, 2.45) is 5.92 Å². The van der Waals surface area contributed by atoms with Crippen LogP contribution in [0, 0.1) is 23.4 Å². The van der Waals surface area contributed by atoms with E-state index in [2.05, 4.69) is 9.36 Å². The number of hydrogen-bond acceptors (Lipinski definition) is 7. The third-order valence-electron chi connectivity index (χ3n) is 5.08. The predicted octanol–water partition coefficient (Wildman–Crippen LogP) is 3.96. The van der Waals surface area contributed by atoms with Crippen molar-refractivity contribution < 1.29 is 31.1 Å². The van der Waals surface area contributed by atoms with Crippen molar-refractivity contribution in [1.82, 2.24) is 9.36 Å². The van der Waals surface area contributed by atoms with Gasteiger partial charge in [-0.1, -0.05) is 12.1 Å². The first-order valence-corrected chi connectivity index (χ1v) is 11.8. The van der Waals surface area contributed by atoms with Crippen LogP contribution >= 0.6 is 11.5 Å². The Morgan fingerprint density at radius 2 is 1.94 bits per heavy atom. The maximum Gasteiger partial charge on any atom is 0.266 e. The van der Waals surface area contributed by atoms with Crippen LogP contribution in [-0.2, 0) is 14.8 Å². The van der Waals surface area contributed by atoms with Gasteiger partial charge >= 0.3 is 0 Å². The molecule has 7 nitrogen and oxygen atoms in total. The van der Waals surface area contributed by atoms with Crippen molar-refractivity contribution in [3.63, 3.8) is 0 Å². The molecule has 32 heavy (non-hydrogen) atoms. The topological polar surface area (TPSA) is 90.4 Å². The average molecular weight is 486 g/mol. The van der Waals surface area contributed by atoms with Gasteiger partial charge in [0.25, 0.3) is 10.0 Å². The van der Waals surface area contributed by atoms with Gasteiger partial charge < -0.3 is 9.47 Å². The van der Waals surface area contributed by atoms with Crippen LogP contribution in [0.2, 0.25) is 0 Å². The summed E-state index contributed by atoms with van der Waals surface area (Å²) >= 11 is 0.756. The quantitative estimate of drug-likeness (QED) is 0.545. The van der Waals surface area contributed by atoms with Crippen molar-refractivity contribution in [3.05, 3.63) is 65.7 Å². The molecule has 2 atom stereocenters. The number of rotatable bonds is 7. The number of sulfonamides is 1. The van der Waals surface area contributed by atoms with Crippen LogP contribution in [-0.4, -0.2) is 37.6 Å². The number of ether oxygens (including phenoxy) is 2. The second-order valence-corrected chi connectivity index (χ2v) is 9.59. The summed E-state index contributed by atoms with van der Waals surface area (Å²) < 4.78 is 83.7. The minimum Gasteiger partial charge on any atom is -0.490 e. The van der Waals surface area contributed by atoms with Crippen LogP contribution in [0.3, 0.4) is 0 Å². The smallest absolute Gasteiger partial charge is 0.266 e. The van der Waals surface area contributed by atoms with Gasteiger partial charge in [-0.05, 0) is 30.0 Å². The van der Waals surface area contributed by atoms with Gasteiger partial charge in [-0.25, -0.2) is 26.6 Å². The van der Waals surface area contributed by atoms with Crippen LogP contribution in [0.1, 0.15) is 17.9 Å². The molecular weight excluding hydrogens is 467 g/mol. The highest BCUT2D eigenvalue weighted by molar-refractivity contribution is 7.93. The first-order chi connectivity index (χ1) is 15.3. The van der Waals surface area contributed by atoms with E-state index in [4.69, 9.17) is 9.47 Å². The van der Waals surface area contributed by atoms with E-state index in [1.54, 1.807) is 12.1 Å². The zero-order valence-corrected chi connectivity index (χ0v) is 18.1. The molecule has 1 aliphatic rings. The number of nitrogens with one attached hydrogen (secondary N) is 1. The third-order valence-corrected chi connectivity index (χ3v) is 7.15. The van der Waals surface area contributed by atoms with Gasteiger partial charge in [0.1, 0.15) is 22.9 Å². The summed E-state index contributed by atoms with van der Waals surface area (Å²) in [5.41, 5.74) is 0.902. The SMILES string of the molecule is O=S(=O)(Nc1ncns1)c1cc(F)c(OC[C@@H]2COCC[C@H]2c2ccc(F)cc2)cc1F. The minimum absolute atomic E-state index is 0.00647. The van der Waals surface area contributed by atoms with Gasteiger partial charge in [0.15, 0.2) is 11.6 Å². The molecule has 0 spiro atoms. The maximum atomic E-state index is 14.6. The average Bonchev–Trinajstić information content (AvgIpc) is 3.27. The lowest BCUT2D eigenvalue weighted by molar-refractivity contribution is 0.0199. The van der Waals surface area contributed by atoms with E-state index < -0.39 is 32.3 Å². The molecule has 0 unspecified atom stereocenters. The zero-order chi connectivity index (χ0) is 22.7. The summed E-state index contributed by atoms with van der Waals surface area (Å²) in [5.74, 6) is -3.15. The molecular formula is C20H18F3N3O4S2. The molecule has 0 aliphatic carbocycles. The van der Waals surface area contributed by atoms with Gasteiger partial charge in [-0.15, -0.1) is 0 Å².